The van der Waals surface area contributed by atoms with Crippen LogP contribution in [0.15, 0.2) is 12.3 Å². The summed E-state index contributed by atoms with van der Waals surface area (Å²) in [5, 5.41) is 8.55. The second kappa shape index (κ2) is 3.43. The fourth-order valence-electron chi connectivity index (χ4n) is 1.23. The Morgan fingerprint density at radius 3 is 2.62 bits per heavy atom. The van der Waals surface area contributed by atoms with E-state index >= 15 is 0 Å². The van der Waals surface area contributed by atoms with Crippen molar-refractivity contribution in [1.82, 2.24) is 4.57 Å². The predicted octanol–water partition coefficient (Wildman–Crippen LogP) is 1.08. The Morgan fingerprint density at radius 1 is 1.54 bits per heavy atom. The number of aromatic nitrogens is 1. The number of carboxylic acids is 1. The molecule has 1 aromatic rings. The number of aliphatic carboxylic acids is 1. The van der Waals surface area contributed by atoms with Crippen molar-refractivity contribution in [3.05, 3.63) is 23.5 Å². The number of ketones is 1. The van der Waals surface area contributed by atoms with Crippen LogP contribution in [0.4, 0.5) is 0 Å². The van der Waals surface area contributed by atoms with Crippen LogP contribution in [0.3, 0.4) is 0 Å². The molecule has 0 spiro atoms. The molecule has 0 aliphatic carbocycles. The summed E-state index contributed by atoms with van der Waals surface area (Å²) < 4.78 is 1.44. The van der Waals surface area contributed by atoms with Gasteiger partial charge in [-0.25, -0.2) is 0 Å². The van der Waals surface area contributed by atoms with Crippen molar-refractivity contribution in [2.75, 3.05) is 0 Å². The Balaban J connectivity index is 3.04. The molecule has 0 saturated heterocycles. The molecule has 0 radical (unpaired) electrons. The van der Waals surface area contributed by atoms with E-state index in [9.17, 15) is 9.59 Å². The monoisotopic (exact) mass is 181 g/mol. The molecule has 0 aliphatic rings. The van der Waals surface area contributed by atoms with Crippen LogP contribution in [0.5, 0.6) is 0 Å². The van der Waals surface area contributed by atoms with E-state index in [-0.39, 0.29) is 12.3 Å². The lowest BCUT2D eigenvalue weighted by molar-refractivity contribution is -0.137. The summed E-state index contributed by atoms with van der Waals surface area (Å²) in [6.07, 6.45) is 1.66. The summed E-state index contributed by atoms with van der Waals surface area (Å²) in [7, 11) is 0. The van der Waals surface area contributed by atoms with Crippen LogP contribution in [0, 0.1) is 6.92 Å². The van der Waals surface area contributed by atoms with Gasteiger partial charge in [0.2, 0.25) is 0 Å². The highest BCUT2D eigenvalue weighted by Gasteiger charge is 2.09. The minimum absolute atomic E-state index is 0.116. The van der Waals surface area contributed by atoms with Crippen molar-refractivity contribution < 1.29 is 14.7 Å². The Bertz CT molecular complexity index is 352. The van der Waals surface area contributed by atoms with Gasteiger partial charge in [0, 0.05) is 13.1 Å². The number of hydrogen-bond acceptors (Lipinski definition) is 2. The van der Waals surface area contributed by atoms with Gasteiger partial charge in [-0.1, -0.05) is 0 Å². The number of hydrogen-bond donors (Lipinski definition) is 1. The maximum Gasteiger partial charge on any atom is 0.323 e. The zero-order valence-corrected chi connectivity index (χ0v) is 7.57. The Hall–Kier alpha value is -1.58. The minimum atomic E-state index is -0.946. The largest absolute Gasteiger partial charge is 0.480 e. The first kappa shape index (κ1) is 9.51. The first-order chi connectivity index (χ1) is 6.00. The molecule has 13 heavy (non-hydrogen) atoms. The highest BCUT2D eigenvalue weighted by Crippen LogP contribution is 2.08. The van der Waals surface area contributed by atoms with E-state index in [0.29, 0.717) is 5.69 Å². The number of aryl methyl sites for hydroxylation is 1. The molecule has 70 valence electrons. The second-order valence-electron chi connectivity index (χ2n) is 2.98. The van der Waals surface area contributed by atoms with E-state index < -0.39 is 5.97 Å². The third-order valence-electron chi connectivity index (χ3n) is 1.70. The Morgan fingerprint density at radius 2 is 2.15 bits per heavy atom. The highest BCUT2D eigenvalue weighted by molar-refractivity contribution is 5.93. The first-order valence-corrected chi connectivity index (χ1v) is 3.90. The molecule has 1 heterocycles. The Labute approximate surface area is 75.8 Å². The molecule has 0 saturated carbocycles. The molecule has 0 aliphatic heterocycles. The van der Waals surface area contributed by atoms with Crippen molar-refractivity contribution in [3.8, 4) is 0 Å². The van der Waals surface area contributed by atoms with Crippen molar-refractivity contribution >= 4 is 11.8 Å². The predicted molar refractivity (Wildman–Crippen MR) is 46.8 cm³/mol. The van der Waals surface area contributed by atoms with Crippen molar-refractivity contribution in [3.63, 3.8) is 0 Å². The van der Waals surface area contributed by atoms with Crippen molar-refractivity contribution in [2.45, 2.75) is 20.4 Å². The summed E-state index contributed by atoms with van der Waals surface area (Å²) in [5.41, 5.74) is 1.34. The van der Waals surface area contributed by atoms with Crippen LogP contribution in [0.2, 0.25) is 0 Å². The molecule has 1 aromatic heterocycles. The minimum Gasteiger partial charge on any atom is -0.480 e. The van der Waals surface area contributed by atoms with Crippen LogP contribution in [0.25, 0.3) is 0 Å². The number of carbonyl (C=O) groups excluding carboxylic acids is 1. The number of carbonyl (C=O) groups is 2. The molecule has 1 rings (SSSR count). The third-order valence-corrected chi connectivity index (χ3v) is 1.70. The van der Waals surface area contributed by atoms with Gasteiger partial charge in [0.25, 0.3) is 0 Å². The van der Waals surface area contributed by atoms with Gasteiger partial charge in [-0.3, -0.25) is 9.59 Å². The van der Waals surface area contributed by atoms with Gasteiger partial charge in [-0.2, -0.15) is 0 Å². The van der Waals surface area contributed by atoms with E-state index in [0.717, 1.165) is 5.56 Å². The summed E-state index contributed by atoms with van der Waals surface area (Å²) in [6.45, 7) is 3.08. The average molecular weight is 181 g/mol. The van der Waals surface area contributed by atoms with E-state index in [1.54, 1.807) is 12.3 Å². The molecule has 0 fully saturated rings. The number of rotatable bonds is 3. The summed E-state index contributed by atoms with van der Waals surface area (Å²) in [4.78, 5) is 21.5. The fourth-order valence-corrected chi connectivity index (χ4v) is 1.23. The average Bonchev–Trinajstić information content (AvgIpc) is 2.29. The fraction of sp³-hybridized carbons (Fsp3) is 0.333. The summed E-state index contributed by atoms with van der Waals surface area (Å²) in [5.74, 6) is -1.06. The molecule has 1 N–H and O–H groups in total. The normalized spacial score (nSPS) is 10.0. The number of Topliss-reactive ketones (excluding diaryl/α,β-unsaturated/α-hetero) is 1. The quantitative estimate of drug-likeness (QED) is 0.710. The van der Waals surface area contributed by atoms with E-state index in [2.05, 4.69) is 0 Å². The smallest absolute Gasteiger partial charge is 0.323 e. The topological polar surface area (TPSA) is 59.3 Å². The second-order valence-corrected chi connectivity index (χ2v) is 2.98. The number of nitrogens with zero attached hydrogens (tertiary/aromatic N) is 1. The van der Waals surface area contributed by atoms with Crippen LogP contribution in [-0.4, -0.2) is 21.4 Å². The molecule has 4 heteroatoms. The third kappa shape index (κ3) is 2.18. The van der Waals surface area contributed by atoms with Crippen molar-refractivity contribution in [1.29, 1.82) is 0 Å². The number of carboxylic acid groups (broad SMARTS) is 1. The van der Waals surface area contributed by atoms with Gasteiger partial charge in [0.1, 0.15) is 6.54 Å². The lowest BCUT2D eigenvalue weighted by Gasteiger charge is -2.01. The molecule has 0 amide bonds. The van der Waals surface area contributed by atoms with Crippen molar-refractivity contribution in [2.24, 2.45) is 0 Å². The molecular weight excluding hydrogens is 170 g/mol. The van der Waals surface area contributed by atoms with Crippen LogP contribution >= 0.6 is 0 Å². The maximum absolute atomic E-state index is 11.0. The van der Waals surface area contributed by atoms with E-state index in [1.165, 1.54) is 11.5 Å². The molecular formula is C9H11NO3. The zero-order valence-electron chi connectivity index (χ0n) is 7.57. The van der Waals surface area contributed by atoms with Gasteiger partial charge in [0.15, 0.2) is 5.78 Å². The maximum atomic E-state index is 11.0. The Kier molecular flexibility index (Phi) is 2.51. The van der Waals surface area contributed by atoms with Gasteiger partial charge in [-0.05, 0) is 18.6 Å². The van der Waals surface area contributed by atoms with E-state index in [4.69, 9.17) is 5.11 Å². The van der Waals surface area contributed by atoms with Gasteiger partial charge in [-0.15, -0.1) is 0 Å². The highest BCUT2D eigenvalue weighted by atomic mass is 16.4. The van der Waals surface area contributed by atoms with Crippen LogP contribution in [-0.2, 0) is 11.3 Å². The first-order valence-electron chi connectivity index (χ1n) is 3.90. The molecule has 4 nitrogen and oxygen atoms in total. The summed E-state index contributed by atoms with van der Waals surface area (Å²) in [6, 6.07) is 1.69. The van der Waals surface area contributed by atoms with Crippen LogP contribution in [0.1, 0.15) is 23.0 Å². The zero-order chi connectivity index (χ0) is 10.0. The van der Waals surface area contributed by atoms with Gasteiger partial charge < -0.3 is 9.67 Å². The lowest BCUT2D eigenvalue weighted by Crippen LogP contribution is -2.12. The standard InChI is InChI=1S/C9H11NO3/c1-6-3-8(7(2)11)10(4-6)5-9(12)13/h3-4H,5H2,1-2H3,(H,12,13). The molecule has 0 aromatic carbocycles. The van der Waals surface area contributed by atoms with Gasteiger partial charge in [0.05, 0.1) is 5.69 Å². The van der Waals surface area contributed by atoms with Gasteiger partial charge >= 0.3 is 5.97 Å². The summed E-state index contributed by atoms with van der Waals surface area (Å²) >= 11 is 0. The molecule has 0 unspecified atom stereocenters. The molecule has 0 atom stereocenters. The molecule has 0 bridgehead atoms. The van der Waals surface area contributed by atoms with E-state index in [1.807, 2.05) is 6.92 Å². The van der Waals surface area contributed by atoms with Crippen LogP contribution < -0.4 is 0 Å². The lowest BCUT2D eigenvalue weighted by atomic mass is 10.3. The SMILES string of the molecule is CC(=O)c1cc(C)cn1CC(=O)O.